The molecule has 1 atom stereocenters. The molecule has 2 amide bonds. The number of benzene rings is 2. The number of ketones is 1. The number of fused-ring (bicyclic) bond motifs is 1. The Morgan fingerprint density at radius 2 is 1.77 bits per heavy atom. The molecule has 44 heavy (non-hydrogen) atoms. The zero-order chi connectivity index (χ0) is 31.4. The lowest BCUT2D eigenvalue weighted by atomic mass is 10.1. The van der Waals surface area contributed by atoms with Crippen LogP contribution < -0.4 is 5.32 Å². The largest absolute Gasteiger partial charge is 0.383 e. The molecule has 0 bridgehead atoms. The average molecular weight is 619 g/mol. The van der Waals surface area contributed by atoms with Gasteiger partial charge in [0.05, 0.1) is 35.3 Å². The predicted molar refractivity (Wildman–Crippen MR) is 172 cm³/mol. The van der Waals surface area contributed by atoms with Gasteiger partial charge >= 0.3 is 0 Å². The third kappa shape index (κ3) is 6.72. The van der Waals surface area contributed by atoms with Crippen molar-refractivity contribution in [2.75, 3.05) is 45.2 Å². The molecule has 4 aromatic rings. The number of amides is 2. The molecular formula is C33H39ClN6O4. The van der Waals surface area contributed by atoms with Crippen molar-refractivity contribution in [2.45, 2.75) is 46.2 Å². The Morgan fingerprint density at radius 3 is 2.45 bits per heavy atom. The third-order valence-corrected chi connectivity index (χ3v) is 8.48. The number of Topliss-reactive ketones (excluding diaryl/α,β-unsaturated/α-hetero) is 1. The Balaban J connectivity index is 1.29. The second-order valence-electron chi connectivity index (χ2n) is 11.3. The Labute approximate surface area is 262 Å². The summed E-state index contributed by atoms with van der Waals surface area (Å²) in [5.41, 5.74) is 3.98. The number of carbonyl (C=O) groups excluding carboxylic acids is 3. The van der Waals surface area contributed by atoms with Gasteiger partial charge in [-0.15, -0.1) is 0 Å². The van der Waals surface area contributed by atoms with Gasteiger partial charge in [-0.05, 0) is 62.7 Å². The van der Waals surface area contributed by atoms with E-state index in [4.69, 9.17) is 16.3 Å². The number of carbonyl (C=O) groups is 3. The van der Waals surface area contributed by atoms with E-state index >= 15 is 0 Å². The van der Waals surface area contributed by atoms with E-state index in [1.165, 1.54) is 0 Å². The van der Waals surface area contributed by atoms with Gasteiger partial charge in [-0.1, -0.05) is 18.5 Å². The van der Waals surface area contributed by atoms with Crippen molar-refractivity contribution in [2.24, 2.45) is 0 Å². The fraction of sp³-hybridized carbons (Fsp3) is 0.394. The number of nitrogens with zero attached hydrogens (tertiary/aromatic N) is 5. The third-order valence-electron chi connectivity index (χ3n) is 8.25. The highest BCUT2D eigenvalue weighted by molar-refractivity contribution is 6.31. The van der Waals surface area contributed by atoms with Gasteiger partial charge in [0, 0.05) is 73.6 Å². The van der Waals surface area contributed by atoms with Crippen molar-refractivity contribution in [3.8, 4) is 5.69 Å². The van der Waals surface area contributed by atoms with Crippen LogP contribution in [0, 0.1) is 6.92 Å². The normalized spacial score (nSPS) is 14.6. The van der Waals surface area contributed by atoms with Crippen LogP contribution in [0.4, 0.5) is 5.69 Å². The number of rotatable bonds is 11. The summed E-state index contributed by atoms with van der Waals surface area (Å²) in [5, 5.41) is 8.55. The van der Waals surface area contributed by atoms with Gasteiger partial charge in [-0.2, -0.15) is 5.10 Å². The quantitative estimate of drug-likeness (QED) is 0.232. The number of aromatic nitrogens is 3. The van der Waals surface area contributed by atoms with Gasteiger partial charge in [-0.25, -0.2) is 4.68 Å². The van der Waals surface area contributed by atoms with Crippen LogP contribution in [0.15, 0.2) is 54.9 Å². The first-order chi connectivity index (χ1) is 21.2. The second kappa shape index (κ2) is 13.8. The Kier molecular flexibility index (Phi) is 9.83. The van der Waals surface area contributed by atoms with E-state index in [9.17, 15) is 14.4 Å². The highest BCUT2D eigenvalue weighted by Gasteiger charge is 2.25. The van der Waals surface area contributed by atoms with Crippen LogP contribution in [0.2, 0.25) is 5.02 Å². The molecule has 11 heteroatoms. The van der Waals surface area contributed by atoms with Gasteiger partial charge < -0.3 is 19.5 Å². The molecule has 2 aromatic heterocycles. The van der Waals surface area contributed by atoms with Crippen LogP contribution in [0.5, 0.6) is 0 Å². The first-order valence-electron chi connectivity index (χ1n) is 15.0. The van der Waals surface area contributed by atoms with E-state index in [0.29, 0.717) is 59.4 Å². The van der Waals surface area contributed by atoms with Crippen LogP contribution in [0.1, 0.15) is 53.1 Å². The maximum absolute atomic E-state index is 13.5. The zero-order valence-corrected chi connectivity index (χ0v) is 26.4. The molecule has 0 spiro atoms. The molecule has 0 radical (unpaired) electrons. The summed E-state index contributed by atoms with van der Waals surface area (Å²) in [5.74, 6) is -0.220. The number of nitrogens with one attached hydrogen (secondary N) is 1. The number of hydrogen-bond acceptors (Lipinski definition) is 6. The van der Waals surface area contributed by atoms with E-state index in [1.807, 2.05) is 41.5 Å². The number of ether oxygens (including phenoxy) is 1. The molecule has 1 saturated heterocycles. The standard InChI is InChI=1S/C33H39ClN6O4/c1-5-6-31(41)28-18-35-40(23(28)3)26-10-8-25(9-11-26)36-33(43)29-19-39(30-12-7-24(34)17-27(29)30)20-32(42)38-15-13-37(14-16-38)22(2)21-44-4/h7-12,17-19,22H,5-6,13-16,20-21H2,1-4H3,(H,36,43). The van der Waals surface area contributed by atoms with Gasteiger partial charge in [0.25, 0.3) is 5.91 Å². The van der Waals surface area contributed by atoms with Crippen molar-refractivity contribution >= 4 is 45.8 Å². The SMILES string of the molecule is CCCC(=O)c1cnn(-c2ccc(NC(=O)c3cn(CC(=O)N4CCN(C(C)COC)CC4)c4ccc(Cl)cc34)cc2)c1C. The molecule has 1 aliphatic heterocycles. The molecule has 1 unspecified atom stereocenters. The minimum Gasteiger partial charge on any atom is -0.383 e. The number of hydrogen-bond donors (Lipinski definition) is 1. The molecular weight excluding hydrogens is 580 g/mol. The second-order valence-corrected chi connectivity index (χ2v) is 11.7. The first kappa shape index (κ1) is 31.4. The van der Waals surface area contributed by atoms with Crippen molar-refractivity contribution in [3.05, 3.63) is 76.7 Å². The highest BCUT2D eigenvalue weighted by atomic mass is 35.5. The monoisotopic (exact) mass is 618 g/mol. The minimum absolute atomic E-state index is 0.00640. The fourth-order valence-electron chi connectivity index (χ4n) is 5.78. The van der Waals surface area contributed by atoms with Crippen molar-refractivity contribution in [1.29, 1.82) is 0 Å². The van der Waals surface area contributed by atoms with Crippen LogP contribution >= 0.6 is 11.6 Å². The summed E-state index contributed by atoms with van der Waals surface area (Å²) < 4.78 is 8.83. The number of piperazine rings is 1. The van der Waals surface area contributed by atoms with Gasteiger partial charge in [0.15, 0.2) is 5.78 Å². The van der Waals surface area contributed by atoms with Crippen molar-refractivity contribution < 1.29 is 19.1 Å². The Bertz CT molecular complexity index is 1650. The van der Waals surface area contributed by atoms with Crippen molar-refractivity contribution in [3.63, 3.8) is 0 Å². The van der Waals surface area contributed by atoms with E-state index < -0.39 is 0 Å². The summed E-state index contributed by atoms with van der Waals surface area (Å²) in [7, 11) is 1.70. The molecule has 0 aliphatic carbocycles. The molecule has 5 rings (SSSR count). The van der Waals surface area contributed by atoms with Crippen LogP contribution in [0.3, 0.4) is 0 Å². The molecule has 0 saturated carbocycles. The van der Waals surface area contributed by atoms with Gasteiger partial charge in [0.1, 0.15) is 6.54 Å². The summed E-state index contributed by atoms with van der Waals surface area (Å²) >= 11 is 6.32. The number of methoxy groups -OCH3 is 1. The minimum atomic E-state index is -0.306. The van der Waals surface area contributed by atoms with Gasteiger partial charge in [0.2, 0.25) is 5.91 Å². The summed E-state index contributed by atoms with van der Waals surface area (Å²) in [4.78, 5) is 43.4. The van der Waals surface area contributed by atoms with Crippen LogP contribution in [0.25, 0.3) is 16.6 Å². The van der Waals surface area contributed by atoms with E-state index in [-0.39, 0.29) is 24.1 Å². The van der Waals surface area contributed by atoms with E-state index in [2.05, 4.69) is 22.2 Å². The molecule has 10 nitrogen and oxygen atoms in total. The number of anilines is 1. The van der Waals surface area contributed by atoms with Crippen LogP contribution in [-0.4, -0.2) is 87.7 Å². The Hall–Kier alpha value is -3.99. The lowest BCUT2D eigenvalue weighted by molar-refractivity contribution is -0.134. The molecule has 1 fully saturated rings. The maximum Gasteiger partial charge on any atom is 0.257 e. The van der Waals surface area contributed by atoms with E-state index in [0.717, 1.165) is 36.4 Å². The first-order valence-corrected chi connectivity index (χ1v) is 15.4. The molecule has 1 N–H and O–H groups in total. The predicted octanol–water partition coefficient (Wildman–Crippen LogP) is 5.20. The van der Waals surface area contributed by atoms with Crippen LogP contribution in [-0.2, 0) is 16.1 Å². The lowest BCUT2D eigenvalue weighted by Crippen LogP contribution is -2.52. The molecule has 232 valence electrons. The Morgan fingerprint density at radius 1 is 1.05 bits per heavy atom. The van der Waals surface area contributed by atoms with Crippen molar-refractivity contribution in [1.82, 2.24) is 24.1 Å². The maximum atomic E-state index is 13.5. The fourth-order valence-corrected chi connectivity index (χ4v) is 5.95. The zero-order valence-electron chi connectivity index (χ0n) is 25.7. The summed E-state index contributed by atoms with van der Waals surface area (Å²) in [6.07, 6.45) is 4.60. The smallest absolute Gasteiger partial charge is 0.257 e. The molecule has 1 aliphatic rings. The molecule has 3 heterocycles. The molecule has 2 aromatic carbocycles. The summed E-state index contributed by atoms with van der Waals surface area (Å²) in [6, 6.07) is 12.9. The topological polar surface area (TPSA) is 102 Å². The summed E-state index contributed by atoms with van der Waals surface area (Å²) in [6.45, 7) is 9.65. The highest BCUT2D eigenvalue weighted by Crippen LogP contribution is 2.27. The number of halogens is 1. The van der Waals surface area contributed by atoms with E-state index in [1.54, 1.807) is 48.5 Å². The average Bonchev–Trinajstić information content (AvgIpc) is 3.57. The lowest BCUT2D eigenvalue weighted by Gasteiger charge is -2.37. The van der Waals surface area contributed by atoms with Gasteiger partial charge in [-0.3, -0.25) is 19.3 Å².